The molecule has 9 atom stereocenters. The SMILES string of the molecule is CC(C)CCC[C@@H](COS(=O)(=O)[O-])[C@H]1CC[C@H]2[C@@H]3CC[C@H]4C[C@H](OS(=O)(=O)[O-])CC[C@]4(C)[C@H]3CC[C@]12C. The molecule has 4 aliphatic carbocycles. The van der Waals surface area contributed by atoms with Gasteiger partial charge in [-0.05, 0) is 116 Å². The first-order chi connectivity index (χ1) is 17.1. The molecule has 0 aliphatic heterocycles. The van der Waals surface area contributed by atoms with Crippen LogP contribution in [-0.4, -0.2) is 38.7 Å². The number of hydrogen-bond acceptors (Lipinski definition) is 8. The minimum atomic E-state index is -4.71. The van der Waals surface area contributed by atoms with Gasteiger partial charge >= 0.3 is 0 Å². The standard InChI is InChI=1S/C27H48O8S2/c1-18(2)6-5-7-19(17-34-36(28,29)30)23-10-11-24-22-9-8-20-16-21(35-37(31,32)33)12-14-26(20,3)25(22)13-15-27(23,24)4/h18-25H,5-17H2,1-4H3,(H,28,29,30)(H,31,32,33)/p-2/t19-,20-,21+,22-,23+,24-,25-,26-,27+/m0/s1. The number of fused-ring (bicyclic) bond motifs is 5. The molecule has 4 fully saturated rings. The quantitative estimate of drug-likeness (QED) is 0.255. The Morgan fingerprint density at radius 2 is 1.51 bits per heavy atom. The van der Waals surface area contributed by atoms with Crippen molar-refractivity contribution < 1.29 is 34.3 Å². The lowest BCUT2D eigenvalue weighted by molar-refractivity contribution is -0.128. The van der Waals surface area contributed by atoms with Gasteiger partial charge in [-0.25, -0.2) is 16.8 Å². The van der Waals surface area contributed by atoms with Gasteiger partial charge in [0.1, 0.15) is 0 Å². The maximum absolute atomic E-state index is 11.3. The van der Waals surface area contributed by atoms with Crippen LogP contribution < -0.4 is 0 Å². The van der Waals surface area contributed by atoms with E-state index in [4.69, 9.17) is 8.37 Å². The minimum absolute atomic E-state index is 0.00516. The van der Waals surface area contributed by atoms with Crippen molar-refractivity contribution >= 4 is 20.8 Å². The summed E-state index contributed by atoms with van der Waals surface area (Å²) in [6, 6.07) is 0. The molecule has 4 rings (SSSR count). The molecule has 0 heterocycles. The second-order valence-electron chi connectivity index (χ2n) is 13.6. The highest BCUT2D eigenvalue weighted by atomic mass is 32.3. The molecule has 0 spiro atoms. The topological polar surface area (TPSA) is 133 Å². The van der Waals surface area contributed by atoms with E-state index in [-0.39, 0.29) is 23.4 Å². The lowest BCUT2D eigenvalue weighted by Gasteiger charge is -2.61. The average Bonchev–Trinajstić information content (AvgIpc) is 3.11. The summed E-state index contributed by atoms with van der Waals surface area (Å²) >= 11 is 0. The molecule has 4 aliphatic rings. The van der Waals surface area contributed by atoms with Crippen LogP contribution in [0.15, 0.2) is 0 Å². The molecule has 0 bridgehead atoms. The van der Waals surface area contributed by atoms with Crippen LogP contribution in [0.2, 0.25) is 0 Å². The largest absolute Gasteiger partial charge is 0.726 e. The molecule has 0 aromatic heterocycles. The van der Waals surface area contributed by atoms with Crippen LogP contribution in [0, 0.1) is 52.3 Å². The third kappa shape index (κ3) is 6.56. The molecule has 0 saturated heterocycles. The second-order valence-corrected chi connectivity index (χ2v) is 15.6. The molecule has 10 heteroatoms. The van der Waals surface area contributed by atoms with Gasteiger partial charge in [0.15, 0.2) is 0 Å². The molecule has 0 aromatic carbocycles. The predicted molar refractivity (Wildman–Crippen MR) is 138 cm³/mol. The van der Waals surface area contributed by atoms with Crippen LogP contribution in [-0.2, 0) is 29.2 Å². The summed E-state index contributed by atoms with van der Waals surface area (Å²) in [4.78, 5) is 0. The zero-order valence-electron chi connectivity index (χ0n) is 22.9. The lowest BCUT2D eigenvalue weighted by Crippen LogP contribution is -2.54. The van der Waals surface area contributed by atoms with Crippen molar-refractivity contribution in [3.05, 3.63) is 0 Å². The van der Waals surface area contributed by atoms with Gasteiger partial charge in [-0.2, -0.15) is 0 Å². The zero-order chi connectivity index (χ0) is 27.2. The van der Waals surface area contributed by atoms with Crippen molar-refractivity contribution in [2.24, 2.45) is 52.3 Å². The Balaban J connectivity index is 1.48. The van der Waals surface area contributed by atoms with Crippen molar-refractivity contribution in [1.82, 2.24) is 0 Å². The fraction of sp³-hybridized carbons (Fsp3) is 1.00. The van der Waals surface area contributed by atoms with Crippen LogP contribution in [0.5, 0.6) is 0 Å². The van der Waals surface area contributed by atoms with Gasteiger partial charge in [-0.1, -0.05) is 40.5 Å². The van der Waals surface area contributed by atoms with Crippen molar-refractivity contribution in [3.63, 3.8) is 0 Å². The Bertz CT molecular complexity index is 1010. The van der Waals surface area contributed by atoms with Crippen LogP contribution in [0.25, 0.3) is 0 Å². The highest BCUT2D eigenvalue weighted by molar-refractivity contribution is 7.81. The molecule has 0 radical (unpaired) electrons. The van der Waals surface area contributed by atoms with E-state index in [0.29, 0.717) is 48.3 Å². The number of rotatable bonds is 10. The molecule has 8 nitrogen and oxygen atoms in total. The van der Waals surface area contributed by atoms with E-state index in [1.54, 1.807) is 0 Å². The summed E-state index contributed by atoms with van der Waals surface area (Å²) in [6.45, 7) is 9.17. The summed E-state index contributed by atoms with van der Waals surface area (Å²) in [5, 5.41) is 0. The van der Waals surface area contributed by atoms with Gasteiger partial charge in [0, 0.05) is 0 Å². The fourth-order valence-electron chi connectivity index (χ4n) is 9.65. The van der Waals surface area contributed by atoms with E-state index in [2.05, 4.69) is 27.7 Å². The van der Waals surface area contributed by atoms with Crippen molar-refractivity contribution in [1.29, 1.82) is 0 Å². The Kier molecular flexibility index (Phi) is 8.80. The monoisotopic (exact) mass is 562 g/mol. The van der Waals surface area contributed by atoms with E-state index in [0.717, 1.165) is 64.2 Å². The van der Waals surface area contributed by atoms with E-state index < -0.39 is 26.9 Å². The van der Waals surface area contributed by atoms with E-state index in [1.807, 2.05) is 0 Å². The van der Waals surface area contributed by atoms with Gasteiger partial charge in [0.25, 0.3) is 0 Å². The summed E-state index contributed by atoms with van der Waals surface area (Å²) < 4.78 is 77.2. The van der Waals surface area contributed by atoms with Crippen molar-refractivity contribution in [3.8, 4) is 0 Å². The van der Waals surface area contributed by atoms with Gasteiger partial charge < -0.3 is 9.11 Å². The van der Waals surface area contributed by atoms with Crippen LogP contribution in [0.3, 0.4) is 0 Å². The molecular formula is C27H46O8S2-2. The highest BCUT2D eigenvalue weighted by Gasteiger charge is 2.61. The Morgan fingerprint density at radius 3 is 2.16 bits per heavy atom. The summed E-state index contributed by atoms with van der Waals surface area (Å²) in [7, 11) is -9.40. The minimum Gasteiger partial charge on any atom is -0.726 e. The first kappa shape index (κ1) is 29.7. The Hall–Kier alpha value is -0.260. The van der Waals surface area contributed by atoms with Gasteiger partial charge in [0.2, 0.25) is 20.8 Å². The summed E-state index contributed by atoms with van der Waals surface area (Å²) in [6.07, 6.45) is 11.2. The Morgan fingerprint density at radius 1 is 0.838 bits per heavy atom. The molecule has 0 amide bonds. The highest BCUT2D eigenvalue weighted by Crippen LogP contribution is 2.68. The second kappa shape index (κ2) is 11.0. The molecule has 37 heavy (non-hydrogen) atoms. The van der Waals surface area contributed by atoms with Crippen molar-refractivity contribution in [2.75, 3.05) is 6.61 Å². The maximum atomic E-state index is 11.3. The van der Waals surface area contributed by atoms with Gasteiger partial charge in [-0.15, -0.1) is 0 Å². The van der Waals surface area contributed by atoms with Gasteiger partial charge in [0.05, 0.1) is 12.7 Å². The first-order valence-corrected chi connectivity index (χ1v) is 17.0. The molecule has 0 aromatic rings. The molecular weight excluding hydrogens is 516 g/mol. The summed E-state index contributed by atoms with van der Waals surface area (Å²) in [5.41, 5.74) is 0.241. The van der Waals surface area contributed by atoms with E-state index >= 15 is 0 Å². The van der Waals surface area contributed by atoms with Crippen LogP contribution in [0.1, 0.15) is 105 Å². The number of hydrogen-bond donors (Lipinski definition) is 0. The third-order valence-corrected chi connectivity index (χ3v) is 12.2. The third-order valence-electron chi connectivity index (χ3n) is 11.3. The molecule has 0 unspecified atom stereocenters. The van der Waals surface area contributed by atoms with E-state index in [9.17, 15) is 25.9 Å². The lowest BCUT2D eigenvalue weighted by atomic mass is 9.44. The molecule has 216 valence electrons. The average molecular weight is 563 g/mol. The van der Waals surface area contributed by atoms with Gasteiger partial charge in [-0.3, -0.25) is 8.37 Å². The van der Waals surface area contributed by atoms with Crippen LogP contribution in [0.4, 0.5) is 0 Å². The first-order valence-electron chi connectivity index (χ1n) is 14.4. The van der Waals surface area contributed by atoms with Crippen molar-refractivity contribution in [2.45, 2.75) is 111 Å². The normalized spacial score (nSPS) is 41.2. The zero-order valence-corrected chi connectivity index (χ0v) is 24.5. The Labute approximate surface area is 224 Å². The predicted octanol–water partition coefficient (Wildman–Crippen LogP) is 5.41. The summed E-state index contributed by atoms with van der Waals surface area (Å²) in [5.74, 6) is 3.12. The fourth-order valence-corrected chi connectivity index (χ4v) is 10.5. The van der Waals surface area contributed by atoms with E-state index in [1.165, 1.54) is 0 Å². The molecule has 4 saturated carbocycles. The smallest absolute Gasteiger partial charge is 0.217 e. The maximum Gasteiger partial charge on any atom is 0.217 e. The van der Waals surface area contributed by atoms with Crippen LogP contribution >= 0.6 is 0 Å². The molecule has 0 N–H and O–H groups in total.